The molecule has 1 unspecified atom stereocenters. The number of fused-ring (bicyclic) bond motifs is 1. The van der Waals surface area contributed by atoms with Crippen molar-refractivity contribution < 1.29 is 9.69 Å². The van der Waals surface area contributed by atoms with Gasteiger partial charge in [0.1, 0.15) is 6.04 Å². The van der Waals surface area contributed by atoms with Gasteiger partial charge in [0, 0.05) is 0 Å². The van der Waals surface area contributed by atoms with E-state index in [0.717, 1.165) is 4.90 Å². The van der Waals surface area contributed by atoms with Gasteiger partial charge in [0.15, 0.2) is 12.4 Å². The minimum atomic E-state index is -0.175. The number of quaternary nitrogens is 1. The Bertz CT molecular complexity index is 1000. The number of aromatic nitrogens is 2. The molecule has 0 bridgehead atoms. The van der Waals surface area contributed by atoms with Crippen LogP contribution in [0.25, 0.3) is 10.9 Å². The number of aromatic amines is 1. The molecule has 7 heteroatoms. The van der Waals surface area contributed by atoms with Crippen LogP contribution in [-0.4, -0.2) is 29.5 Å². The molecule has 2 atom stereocenters. The van der Waals surface area contributed by atoms with Gasteiger partial charge in [0.25, 0.3) is 11.5 Å². The molecule has 6 nitrogen and oxygen atoms in total. The topological polar surface area (TPSA) is 79.3 Å². The van der Waals surface area contributed by atoms with E-state index in [2.05, 4.69) is 15.3 Å². The number of carbonyl (C=O) groups excluding carboxylic acids is 1. The van der Waals surface area contributed by atoms with Crippen molar-refractivity contribution in [1.29, 1.82) is 0 Å². The molecule has 0 spiro atoms. The number of halogens is 1. The molecule has 0 saturated heterocycles. The number of H-pyrrole nitrogens is 1. The van der Waals surface area contributed by atoms with Crippen molar-refractivity contribution in [3.63, 3.8) is 0 Å². The fraction of sp³-hybridized carbons (Fsp3) is 0.211. The van der Waals surface area contributed by atoms with Crippen LogP contribution < -0.4 is 15.8 Å². The van der Waals surface area contributed by atoms with Gasteiger partial charge in [-0.15, -0.1) is 0 Å². The summed E-state index contributed by atoms with van der Waals surface area (Å²) in [5, 5.41) is 3.85. The van der Waals surface area contributed by atoms with E-state index in [1.807, 2.05) is 26.1 Å². The second-order valence-corrected chi connectivity index (χ2v) is 6.65. The van der Waals surface area contributed by atoms with Crippen molar-refractivity contribution in [1.82, 2.24) is 9.97 Å². The molecule has 0 radical (unpaired) electrons. The third kappa shape index (κ3) is 3.92. The zero-order valence-electron chi connectivity index (χ0n) is 14.5. The lowest BCUT2D eigenvalue weighted by molar-refractivity contribution is -0.902. The van der Waals surface area contributed by atoms with Crippen molar-refractivity contribution in [3.8, 4) is 0 Å². The van der Waals surface area contributed by atoms with Crippen LogP contribution in [0.5, 0.6) is 0 Å². The Hall–Kier alpha value is -2.70. The molecule has 0 aliphatic rings. The number of carbonyl (C=O) groups is 1. The van der Waals surface area contributed by atoms with Crippen molar-refractivity contribution in [2.75, 3.05) is 18.9 Å². The van der Waals surface area contributed by atoms with Crippen LogP contribution in [0.3, 0.4) is 0 Å². The Morgan fingerprint density at radius 3 is 2.69 bits per heavy atom. The summed E-state index contributed by atoms with van der Waals surface area (Å²) in [5.74, 6) is 0.391. The van der Waals surface area contributed by atoms with E-state index in [1.165, 1.54) is 0 Å². The van der Waals surface area contributed by atoms with E-state index in [9.17, 15) is 9.59 Å². The van der Waals surface area contributed by atoms with Gasteiger partial charge in [-0.05, 0) is 31.2 Å². The second-order valence-electron chi connectivity index (χ2n) is 6.24. The normalized spacial score (nSPS) is 13.3. The minimum Gasteiger partial charge on any atom is -0.321 e. The van der Waals surface area contributed by atoms with Crippen LogP contribution in [0.4, 0.5) is 5.69 Å². The molecule has 0 aliphatic heterocycles. The number of nitrogens with one attached hydrogen (secondary N) is 3. The maximum Gasteiger partial charge on any atom is 0.279 e. The third-order valence-electron chi connectivity index (χ3n) is 4.37. The highest BCUT2D eigenvalue weighted by Gasteiger charge is 2.21. The Labute approximate surface area is 155 Å². The predicted octanol–water partition coefficient (Wildman–Crippen LogP) is 1.79. The highest BCUT2D eigenvalue weighted by molar-refractivity contribution is 6.33. The SMILES string of the molecule is C[C@H](c1nc2ccccc2c(=O)[nH]1)[NH+](C)CC(=O)Nc1ccccc1Cl. The first-order chi connectivity index (χ1) is 12.5. The number of hydrogen-bond donors (Lipinski definition) is 3. The smallest absolute Gasteiger partial charge is 0.279 e. The van der Waals surface area contributed by atoms with Crippen LogP contribution in [-0.2, 0) is 4.79 Å². The standard InChI is InChI=1S/C19H19ClN4O2/c1-12(18-22-15-9-5-3-7-13(15)19(26)23-18)24(2)11-17(25)21-16-10-6-4-8-14(16)20/h3-10,12H,11H2,1-2H3,(H,21,25)(H,22,23,26)/p+1/t12-/m1/s1. The third-order valence-corrected chi connectivity index (χ3v) is 4.70. The van der Waals surface area contributed by atoms with Crippen LogP contribution in [0.2, 0.25) is 5.02 Å². The van der Waals surface area contributed by atoms with E-state index >= 15 is 0 Å². The summed E-state index contributed by atoms with van der Waals surface area (Å²) in [6, 6.07) is 14.1. The predicted molar refractivity (Wildman–Crippen MR) is 103 cm³/mol. The van der Waals surface area contributed by atoms with Crippen LogP contribution in [0, 0.1) is 0 Å². The number of para-hydroxylation sites is 2. The number of benzene rings is 2. The molecular weight excluding hydrogens is 352 g/mol. The number of nitrogens with zero attached hydrogens (tertiary/aromatic N) is 1. The summed E-state index contributed by atoms with van der Waals surface area (Å²) in [6.07, 6.45) is 0. The molecule has 1 heterocycles. The minimum absolute atomic E-state index is 0.161. The average Bonchev–Trinajstić information content (AvgIpc) is 2.63. The molecule has 1 aromatic heterocycles. The van der Waals surface area contributed by atoms with Crippen LogP contribution in [0.15, 0.2) is 53.3 Å². The molecule has 3 N–H and O–H groups in total. The molecule has 0 aliphatic carbocycles. The Balaban J connectivity index is 1.73. The maximum absolute atomic E-state index is 12.3. The van der Waals surface area contributed by atoms with E-state index in [-0.39, 0.29) is 24.1 Å². The highest BCUT2D eigenvalue weighted by Crippen LogP contribution is 2.20. The molecule has 0 fully saturated rings. The largest absolute Gasteiger partial charge is 0.321 e. The van der Waals surface area contributed by atoms with Gasteiger partial charge in [0.2, 0.25) is 0 Å². The van der Waals surface area contributed by atoms with Crippen molar-refractivity contribution in [3.05, 3.63) is 69.7 Å². The quantitative estimate of drug-likeness (QED) is 0.639. The molecular formula is C19H20ClN4O2+. The molecule has 2 aromatic carbocycles. The lowest BCUT2D eigenvalue weighted by Crippen LogP contribution is -3.10. The first kappa shape index (κ1) is 18.1. The molecule has 1 amide bonds. The summed E-state index contributed by atoms with van der Waals surface area (Å²) >= 11 is 6.06. The lowest BCUT2D eigenvalue weighted by atomic mass is 10.2. The highest BCUT2D eigenvalue weighted by atomic mass is 35.5. The van der Waals surface area contributed by atoms with Gasteiger partial charge >= 0.3 is 0 Å². The summed E-state index contributed by atoms with van der Waals surface area (Å²) in [7, 11) is 1.88. The molecule has 3 rings (SSSR count). The van der Waals surface area contributed by atoms with Gasteiger partial charge in [-0.3, -0.25) is 9.59 Å². The average molecular weight is 372 g/mol. The molecule has 134 valence electrons. The zero-order valence-corrected chi connectivity index (χ0v) is 15.3. The summed E-state index contributed by atoms with van der Waals surface area (Å²) in [4.78, 5) is 32.8. The van der Waals surface area contributed by atoms with Gasteiger partial charge in [-0.2, -0.15) is 0 Å². The van der Waals surface area contributed by atoms with E-state index < -0.39 is 0 Å². The van der Waals surface area contributed by atoms with E-state index in [1.54, 1.807) is 36.4 Å². The number of rotatable bonds is 5. The number of likely N-dealkylation sites (N-methyl/N-ethyl adjacent to an activating group) is 1. The van der Waals surface area contributed by atoms with Crippen molar-refractivity contribution in [2.45, 2.75) is 13.0 Å². The lowest BCUT2D eigenvalue weighted by Gasteiger charge is -2.20. The maximum atomic E-state index is 12.3. The fourth-order valence-electron chi connectivity index (χ4n) is 2.71. The number of anilines is 1. The zero-order chi connectivity index (χ0) is 18.7. The van der Waals surface area contributed by atoms with Crippen LogP contribution >= 0.6 is 11.6 Å². The second kappa shape index (κ2) is 7.68. The van der Waals surface area contributed by atoms with Crippen LogP contribution in [0.1, 0.15) is 18.8 Å². The Morgan fingerprint density at radius 1 is 1.23 bits per heavy atom. The van der Waals surface area contributed by atoms with Gasteiger partial charge in [-0.25, -0.2) is 4.98 Å². The summed E-state index contributed by atoms with van der Waals surface area (Å²) < 4.78 is 0. The molecule has 26 heavy (non-hydrogen) atoms. The number of amides is 1. The van der Waals surface area contributed by atoms with Gasteiger partial charge < -0.3 is 15.2 Å². The Morgan fingerprint density at radius 2 is 1.92 bits per heavy atom. The van der Waals surface area contributed by atoms with E-state index in [0.29, 0.717) is 27.4 Å². The van der Waals surface area contributed by atoms with E-state index in [4.69, 9.17) is 11.6 Å². The molecule has 3 aromatic rings. The monoisotopic (exact) mass is 371 g/mol. The van der Waals surface area contributed by atoms with Crippen molar-refractivity contribution in [2.24, 2.45) is 0 Å². The Kier molecular flexibility index (Phi) is 5.35. The first-order valence-electron chi connectivity index (χ1n) is 8.31. The first-order valence-corrected chi connectivity index (χ1v) is 8.69. The summed E-state index contributed by atoms with van der Waals surface area (Å²) in [6.45, 7) is 2.13. The number of hydrogen-bond acceptors (Lipinski definition) is 3. The molecule has 0 saturated carbocycles. The fourth-order valence-corrected chi connectivity index (χ4v) is 2.89. The van der Waals surface area contributed by atoms with Gasteiger partial charge in [0.05, 0.1) is 28.7 Å². The summed E-state index contributed by atoms with van der Waals surface area (Å²) in [5.41, 5.74) is 1.05. The van der Waals surface area contributed by atoms with Gasteiger partial charge in [-0.1, -0.05) is 35.9 Å². The van der Waals surface area contributed by atoms with Crippen molar-refractivity contribution >= 4 is 34.1 Å².